The van der Waals surface area contributed by atoms with Crippen molar-refractivity contribution in [2.24, 2.45) is 0 Å². The average Bonchev–Trinajstić information content (AvgIpc) is 2.70. The maximum absolute atomic E-state index is 3.84. The summed E-state index contributed by atoms with van der Waals surface area (Å²) in [6.45, 7) is 27.6. The van der Waals surface area contributed by atoms with Gasteiger partial charge < -0.3 is 0 Å². The van der Waals surface area contributed by atoms with Crippen molar-refractivity contribution < 1.29 is 0 Å². The van der Waals surface area contributed by atoms with E-state index in [0.717, 1.165) is 4.47 Å². The zero-order chi connectivity index (χ0) is 26.6. The fourth-order valence-electron chi connectivity index (χ4n) is 4.24. The van der Waals surface area contributed by atoms with Gasteiger partial charge in [-0.15, -0.1) is 0 Å². The Labute approximate surface area is 223 Å². The van der Waals surface area contributed by atoms with Gasteiger partial charge in [0.25, 0.3) is 0 Å². The maximum Gasteiger partial charge on any atom is 0.0187 e. The number of hydrogen-bond donors (Lipinski definition) is 0. The molecule has 0 spiro atoms. The minimum atomic E-state index is 0.0908. The van der Waals surface area contributed by atoms with E-state index in [0.29, 0.717) is 0 Å². The molecular formula is C34H45Br. The molecule has 0 aromatic heterocycles. The molecule has 0 atom stereocenters. The Morgan fingerprint density at radius 3 is 0.800 bits per heavy atom. The Morgan fingerprint density at radius 1 is 0.343 bits per heavy atom. The molecule has 188 valence electrons. The van der Waals surface area contributed by atoms with Crippen LogP contribution in [-0.2, 0) is 21.7 Å². The third kappa shape index (κ3) is 6.67. The Balaban J connectivity index is 2.27. The third-order valence-corrected chi connectivity index (χ3v) is 7.35. The van der Waals surface area contributed by atoms with Gasteiger partial charge in [-0.05, 0) is 84.4 Å². The second-order valence-corrected chi connectivity index (χ2v) is 15.2. The lowest BCUT2D eigenvalue weighted by Crippen LogP contribution is -2.16. The summed E-state index contributed by atoms with van der Waals surface area (Å²) in [6.07, 6.45) is 0. The van der Waals surface area contributed by atoms with Crippen LogP contribution in [0.15, 0.2) is 59.1 Å². The van der Waals surface area contributed by atoms with E-state index in [2.05, 4.69) is 154 Å². The molecule has 0 amide bonds. The van der Waals surface area contributed by atoms with Crippen LogP contribution in [0.1, 0.15) is 105 Å². The van der Waals surface area contributed by atoms with Crippen molar-refractivity contribution in [1.29, 1.82) is 0 Å². The van der Waals surface area contributed by atoms with E-state index in [9.17, 15) is 0 Å². The van der Waals surface area contributed by atoms with E-state index < -0.39 is 0 Å². The molecule has 0 aliphatic carbocycles. The first-order valence-corrected chi connectivity index (χ1v) is 13.7. The summed E-state index contributed by atoms with van der Waals surface area (Å²) < 4.78 is 1.11. The van der Waals surface area contributed by atoms with Crippen molar-refractivity contribution >= 4 is 15.9 Å². The van der Waals surface area contributed by atoms with Crippen LogP contribution in [0.4, 0.5) is 0 Å². The van der Waals surface area contributed by atoms with Crippen molar-refractivity contribution in [1.82, 2.24) is 0 Å². The van der Waals surface area contributed by atoms with E-state index in [-0.39, 0.29) is 21.7 Å². The van der Waals surface area contributed by atoms with Crippen LogP contribution < -0.4 is 0 Å². The molecule has 3 rings (SSSR count). The van der Waals surface area contributed by atoms with Crippen LogP contribution in [0.5, 0.6) is 0 Å². The lowest BCUT2D eigenvalue weighted by atomic mass is 9.78. The Bertz CT molecular complexity index is 1060. The van der Waals surface area contributed by atoms with Crippen molar-refractivity contribution in [3.63, 3.8) is 0 Å². The molecule has 0 N–H and O–H groups in total. The van der Waals surface area contributed by atoms with Crippen LogP contribution in [0, 0.1) is 0 Å². The number of benzene rings is 3. The molecule has 0 fully saturated rings. The second kappa shape index (κ2) is 9.22. The Kier molecular flexibility index (Phi) is 7.30. The topological polar surface area (TPSA) is 0 Å². The third-order valence-electron chi connectivity index (χ3n) is 6.89. The molecule has 0 radical (unpaired) electrons. The van der Waals surface area contributed by atoms with Gasteiger partial charge in [0.2, 0.25) is 0 Å². The van der Waals surface area contributed by atoms with Gasteiger partial charge in [-0.3, -0.25) is 0 Å². The lowest BCUT2D eigenvalue weighted by molar-refractivity contribution is 0.568. The van der Waals surface area contributed by atoms with Gasteiger partial charge in [0.15, 0.2) is 0 Å². The first kappa shape index (κ1) is 27.7. The van der Waals surface area contributed by atoms with Gasteiger partial charge in [0, 0.05) is 4.47 Å². The maximum atomic E-state index is 3.84. The predicted octanol–water partition coefficient (Wildman–Crippen LogP) is 11.0. The molecule has 0 unspecified atom stereocenters. The largest absolute Gasteiger partial charge is 0.0561 e. The van der Waals surface area contributed by atoms with Crippen molar-refractivity contribution in [2.45, 2.75) is 105 Å². The normalized spacial score (nSPS) is 13.3. The zero-order valence-corrected chi connectivity index (χ0v) is 25.7. The SMILES string of the molecule is CC(C)(C)c1cc(-c2cc(Br)cc(-c3cc(C(C)(C)C)cc(C(C)(C)C)c3)c2)cc(C(C)(C)C)c1. The van der Waals surface area contributed by atoms with Crippen LogP contribution in [0.25, 0.3) is 22.3 Å². The summed E-state index contributed by atoms with van der Waals surface area (Å²) >= 11 is 3.84. The highest BCUT2D eigenvalue weighted by molar-refractivity contribution is 9.10. The Morgan fingerprint density at radius 2 is 0.571 bits per heavy atom. The summed E-state index contributed by atoms with van der Waals surface area (Å²) in [5.74, 6) is 0. The lowest BCUT2D eigenvalue weighted by Gasteiger charge is -2.27. The fraction of sp³-hybridized carbons (Fsp3) is 0.471. The summed E-state index contributed by atoms with van der Waals surface area (Å²) in [6, 6.07) is 21.2. The van der Waals surface area contributed by atoms with E-state index >= 15 is 0 Å². The van der Waals surface area contributed by atoms with E-state index in [1.807, 2.05) is 0 Å². The minimum absolute atomic E-state index is 0.0908. The molecular weight excluding hydrogens is 488 g/mol. The zero-order valence-electron chi connectivity index (χ0n) is 24.1. The summed E-state index contributed by atoms with van der Waals surface area (Å²) in [4.78, 5) is 0. The minimum Gasteiger partial charge on any atom is -0.0561 e. The van der Waals surface area contributed by atoms with Gasteiger partial charge >= 0.3 is 0 Å². The molecule has 0 saturated carbocycles. The number of halogens is 1. The van der Waals surface area contributed by atoms with Crippen LogP contribution in [0.3, 0.4) is 0 Å². The van der Waals surface area contributed by atoms with Gasteiger partial charge in [0.05, 0.1) is 0 Å². The van der Waals surface area contributed by atoms with Crippen LogP contribution in [0.2, 0.25) is 0 Å². The first-order valence-electron chi connectivity index (χ1n) is 12.9. The molecule has 0 aliphatic rings. The Hall–Kier alpha value is -1.86. The molecule has 3 aromatic rings. The highest BCUT2D eigenvalue weighted by Gasteiger charge is 2.23. The van der Waals surface area contributed by atoms with Gasteiger partial charge in [-0.25, -0.2) is 0 Å². The smallest absolute Gasteiger partial charge is 0.0187 e. The summed E-state index contributed by atoms with van der Waals surface area (Å²) in [5, 5.41) is 0. The van der Waals surface area contributed by atoms with E-state index in [1.54, 1.807) is 0 Å². The van der Waals surface area contributed by atoms with Gasteiger partial charge in [0.1, 0.15) is 0 Å². The summed E-state index contributed by atoms with van der Waals surface area (Å²) in [5.41, 5.74) is 11.0. The molecule has 3 aromatic carbocycles. The van der Waals surface area contributed by atoms with Gasteiger partial charge in [-0.1, -0.05) is 135 Å². The highest BCUT2D eigenvalue weighted by atomic mass is 79.9. The highest BCUT2D eigenvalue weighted by Crippen LogP contribution is 2.39. The molecule has 0 saturated heterocycles. The molecule has 0 aliphatic heterocycles. The molecule has 0 heterocycles. The average molecular weight is 534 g/mol. The van der Waals surface area contributed by atoms with E-state index in [1.165, 1.54) is 44.5 Å². The van der Waals surface area contributed by atoms with Gasteiger partial charge in [-0.2, -0.15) is 0 Å². The number of hydrogen-bond acceptors (Lipinski definition) is 0. The molecule has 35 heavy (non-hydrogen) atoms. The second-order valence-electron chi connectivity index (χ2n) is 14.3. The van der Waals surface area contributed by atoms with Crippen molar-refractivity contribution in [2.75, 3.05) is 0 Å². The molecule has 0 bridgehead atoms. The molecule has 1 heteroatoms. The predicted molar refractivity (Wildman–Crippen MR) is 160 cm³/mol. The van der Waals surface area contributed by atoms with E-state index in [4.69, 9.17) is 0 Å². The standard InChI is InChI=1S/C34H45Br/c1-31(2,3)26-14-24(15-27(20-26)32(4,5)6)22-13-23(19-30(35)18-22)25-16-28(33(7,8)9)21-29(17-25)34(10,11)12/h13-21H,1-12H3. The van der Waals surface area contributed by atoms with Crippen LogP contribution >= 0.6 is 15.9 Å². The first-order chi connectivity index (χ1) is 15.7. The molecule has 0 nitrogen and oxygen atoms in total. The fourth-order valence-corrected chi connectivity index (χ4v) is 4.74. The number of rotatable bonds is 2. The van der Waals surface area contributed by atoms with Crippen molar-refractivity contribution in [3.8, 4) is 22.3 Å². The monoisotopic (exact) mass is 532 g/mol. The summed E-state index contributed by atoms with van der Waals surface area (Å²) in [7, 11) is 0. The van der Waals surface area contributed by atoms with Crippen molar-refractivity contribution in [3.05, 3.63) is 81.3 Å². The van der Waals surface area contributed by atoms with Crippen LogP contribution in [-0.4, -0.2) is 0 Å². The quantitative estimate of drug-likeness (QED) is 0.307.